The van der Waals surface area contributed by atoms with Crippen molar-refractivity contribution >= 4 is 0 Å². The van der Waals surface area contributed by atoms with Crippen LogP contribution in [-0.4, -0.2) is 11.4 Å². The molecular formula is C19H23N. The Hall–Kier alpha value is -1.60. The predicted molar refractivity (Wildman–Crippen MR) is 84.7 cm³/mol. The maximum atomic E-state index is 2.60. The van der Waals surface area contributed by atoms with Crippen LogP contribution in [0.15, 0.2) is 48.5 Å². The lowest BCUT2D eigenvalue weighted by Gasteiger charge is -2.27. The topological polar surface area (TPSA) is 3.24 Å². The van der Waals surface area contributed by atoms with Gasteiger partial charge in [-0.05, 0) is 41.6 Å². The first-order valence-electron chi connectivity index (χ1n) is 7.72. The Morgan fingerprint density at radius 1 is 0.800 bits per heavy atom. The number of nitrogens with zero attached hydrogens (tertiary/aromatic N) is 1. The molecule has 2 aromatic rings. The van der Waals surface area contributed by atoms with E-state index in [4.69, 9.17) is 0 Å². The fourth-order valence-electron chi connectivity index (χ4n) is 3.05. The van der Waals surface area contributed by atoms with Crippen LogP contribution in [0.1, 0.15) is 42.0 Å². The van der Waals surface area contributed by atoms with E-state index in [1.54, 1.807) is 0 Å². The largest absolute Gasteiger partial charge is 0.295 e. The maximum Gasteiger partial charge on any atom is 0.0240 e. The van der Waals surface area contributed by atoms with E-state index in [1.807, 2.05) is 0 Å². The summed E-state index contributed by atoms with van der Waals surface area (Å²) in [5.74, 6) is 0. The molecule has 0 amide bonds. The summed E-state index contributed by atoms with van der Waals surface area (Å²) in [6.45, 7) is 5.64. The molecule has 0 saturated carbocycles. The fourth-order valence-corrected chi connectivity index (χ4v) is 3.05. The van der Waals surface area contributed by atoms with Gasteiger partial charge in [-0.2, -0.15) is 0 Å². The molecule has 20 heavy (non-hydrogen) atoms. The summed E-state index contributed by atoms with van der Waals surface area (Å²) >= 11 is 0. The van der Waals surface area contributed by atoms with Crippen molar-refractivity contribution in [2.45, 2.75) is 39.3 Å². The molecule has 0 atom stereocenters. The quantitative estimate of drug-likeness (QED) is 0.795. The van der Waals surface area contributed by atoms with E-state index >= 15 is 0 Å². The van der Waals surface area contributed by atoms with Crippen LogP contribution in [-0.2, 0) is 19.5 Å². The van der Waals surface area contributed by atoms with Gasteiger partial charge in [-0.3, -0.25) is 4.90 Å². The van der Waals surface area contributed by atoms with Crippen LogP contribution in [0.4, 0.5) is 0 Å². The van der Waals surface area contributed by atoms with Gasteiger partial charge < -0.3 is 0 Å². The molecule has 0 saturated heterocycles. The van der Waals surface area contributed by atoms with Crippen LogP contribution in [0.3, 0.4) is 0 Å². The predicted octanol–water partition coefficient (Wildman–Crippen LogP) is 4.39. The lowest BCUT2D eigenvalue weighted by molar-refractivity contribution is 0.249. The Morgan fingerprint density at radius 3 is 1.80 bits per heavy atom. The van der Waals surface area contributed by atoms with Crippen molar-refractivity contribution in [3.63, 3.8) is 0 Å². The second-order valence-corrected chi connectivity index (χ2v) is 5.78. The third-order valence-corrected chi connectivity index (χ3v) is 4.23. The minimum absolute atomic E-state index is 1.08. The first-order chi connectivity index (χ1) is 9.86. The van der Waals surface area contributed by atoms with E-state index in [1.165, 1.54) is 41.6 Å². The summed E-state index contributed by atoms with van der Waals surface area (Å²) in [6, 6.07) is 17.8. The zero-order chi connectivity index (χ0) is 13.8. The van der Waals surface area contributed by atoms with Gasteiger partial charge in [0, 0.05) is 13.1 Å². The Balaban J connectivity index is 1.96. The normalized spacial score (nSPS) is 15.1. The first kappa shape index (κ1) is 13.4. The SMILES string of the molecule is CCCCN1Cc2ccccc2Cc2ccccc2C1. The molecule has 1 aliphatic rings. The summed E-state index contributed by atoms with van der Waals surface area (Å²) in [4.78, 5) is 2.60. The molecule has 0 aliphatic carbocycles. The molecule has 1 heterocycles. The van der Waals surface area contributed by atoms with Gasteiger partial charge in [0.25, 0.3) is 0 Å². The lowest BCUT2D eigenvalue weighted by Crippen LogP contribution is -2.26. The van der Waals surface area contributed by atoms with Crippen molar-refractivity contribution in [1.82, 2.24) is 4.90 Å². The second kappa shape index (κ2) is 6.23. The number of hydrogen-bond acceptors (Lipinski definition) is 1. The van der Waals surface area contributed by atoms with Crippen molar-refractivity contribution in [3.8, 4) is 0 Å². The lowest BCUT2D eigenvalue weighted by atomic mass is 9.93. The molecule has 0 spiro atoms. The second-order valence-electron chi connectivity index (χ2n) is 5.78. The van der Waals surface area contributed by atoms with Gasteiger partial charge in [0.2, 0.25) is 0 Å². The van der Waals surface area contributed by atoms with E-state index in [0.29, 0.717) is 0 Å². The van der Waals surface area contributed by atoms with Crippen molar-refractivity contribution in [1.29, 1.82) is 0 Å². The molecule has 0 bridgehead atoms. The molecule has 0 radical (unpaired) electrons. The smallest absolute Gasteiger partial charge is 0.0240 e. The van der Waals surface area contributed by atoms with Crippen molar-refractivity contribution in [2.75, 3.05) is 6.54 Å². The molecule has 0 aromatic heterocycles. The number of rotatable bonds is 3. The van der Waals surface area contributed by atoms with Crippen molar-refractivity contribution in [3.05, 3.63) is 70.8 Å². The summed E-state index contributed by atoms with van der Waals surface area (Å²) in [7, 11) is 0. The van der Waals surface area contributed by atoms with E-state index < -0.39 is 0 Å². The third-order valence-electron chi connectivity index (χ3n) is 4.23. The summed E-state index contributed by atoms with van der Waals surface area (Å²) in [5, 5.41) is 0. The highest BCUT2D eigenvalue weighted by Crippen LogP contribution is 2.24. The van der Waals surface area contributed by atoms with E-state index in [9.17, 15) is 0 Å². The Morgan fingerprint density at radius 2 is 1.30 bits per heavy atom. The monoisotopic (exact) mass is 265 g/mol. The Labute approximate surface area is 122 Å². The Bertz CT molecular complexity index is 526. The highest BCUT2D eigenvalue weighted by Gasteiger charge is 2.15. The zero-order valence-electron chi connectivity index (χ0n) is 12.3. The molecule has 1 aliphatic heterocycles. The number of benzene rings is 2. The van der Waals surface area contributed by atoms with Crippen molar-refractivity contribution < 1.29 is 0 Å². The molecule has 3 rings (SSSR count). The number of unbranched alkanes of at least 4 members (excludes halogenated alkanes) is 1. The molecular weight excluding hydrogens is 242 g/mol. The fraction of sp³-hybridized carbons (Fsp3) is 0.368. The molecule has 2 aromatic carbocycles. The van der Waals surface area contributed by atoms with E-state index in [0.717, 1.165) is 19.5 Å². The molecule has 0 unspecified atom stereocenters. The zero-order valence-corrected chi connectivity index (χ0v) is 12.3. The summed E-state index contributed by atoms with van der Waals surface area (Å²) in [5.41, 5.74) is 5.97. The molecule has 1 nitrogen and oxygen atoms in total. The molecule has 1 heteroatoms. The molecule has 0 N–H and O–H groups in total. The number of fused-ring (bicyclic) bond motifs is 2. The average Bonchev–Trinajstić information content (AvgIpc) is 2.46. The number of hydrogen-bond donors (Lipinski definition) is 0. The van der Waals surface area contributed by atoms with Crippen molar-refractivity contribution in [2.24, 2.45) is 0 Å². The van der Waals surface area contributed by atoms with Crippen LogP contribution in [0.2, 0.25) is 0 Å². The highest BCUT2D eigenvalue weighted by atomic mass is 15.1. The van der Waals surface area contributed by atoms with Crippen LogP contribution >= 0.6 is 0 Å². The molecule has 0 fully saturated rings. The van der Waals surface area contributed by atoms with Gasteiger partial charge in [0.15, 0.2) is 0 Å². The van der Waals surface area contributed by atoms with E-state index in [-0.39, 0.29) is 0 Å². The minimum Gasteiger partial charge on any atom is -0.295 e. The standard InChI is InChI=1S/C19H23N/c1-2-3-12-20-14-18-10-6-4-8-16(18)13-17-9-5-7-11-19(17)15-20/h4-11H,2-3,12-15H2,1H3. The van der Waals surface area contributed by atoms with Crippen LogP contribution in [0.25, 0.3) is 0 Å². The van der Waals surface area contributed by atoms with Crippen LogP contribution < -0.4 is 0 Å². The van der Waals surface area contributed by atoms with Crippen LogP contribution in [0, 0.1) is 0 Å². The van der Waals surface area contributed by atoms with Gasteiger partial charge in [0.05, 0.1) is 0 Å². The first-order valence-corrected chi connectivity index (χ1v) is 7.72. The van der Waals surface area contributed by atoms with Gasteiger partial charge in [-0.25, -0.2) is 0 Å². The Kier molecular flexibility index (Phi) is 4.17. The van der Waals surface area contributed by atoms with Gasteiger partial charge in [0.1, 0.15) is 0 Å². The van der Waals surface area contributed by atoms with E-state index in [2.05, 4.69) is 60.4 Å². The van der Waals surface area contributed by atoms with Crippen LogP contribution in [0.5, 0.6) is 0 Å². The minimum atomic E-state index is 1.08. The molecule has 104 valence electrons. The third kappa shape index (κ3) is 2.94. The van der Waals surface area contributed by atoms with Gasteiger partial charge in [-0.15, -0.1) is 0 Å². The highest BCUT2D eigenvalue weighted by molar-refractivity contribution is 5.37. The van der Waals surface area contributed by atoms with Gasteiger partial charge >= 0.3 is 0 Å². The summed E-state index contributed by atoms with van der Waals surface area (Å²) in [6.07, 6.45) is 3.62. The van der Waals surface area contributed by atoms with Gasteiger partial charge in [-0.1, -0.05) is 61.9 Å². The summed E-state index contributed by atoms with van der Waals surface area (Å²) < 4.78 is 0. The average molecular weight is 265 g/mol. The maximum absolute atomic E-state index is 2.60.